The summed E-state index contributed by atoms with van der Waals surface area (Å²) in [6.45, 7) is 2.27. The lowest BCUT2D eigenvalue weighted by molar-refractivity contribution is -0.0788. The zero-order valence-electron chi connectivity index (χ0n) is 14.0. The molecule has 6 nitrogen and oxygen atoms in total. The van der Waals surface area contributed by atoms with Gasteiger partial charge in [-0.25, -0.2) is 18.7 Å². The van der Waals surface area contributed by atoms with Crippen LogP contribution in [0, 0.1) is 11.6 Å². The van der Waals surface area contributed by atoms with Crippen molar-refractivity contribution in [2.75, 3.05) is 26.4 Å². The van der Waals surface area contributed by atoms with Crippen LogP contribution in [0.25, 0.3) is 11.2 Å². The maximum atomic E-state index is 13.6. The molecule has 3 aromatic rings. The number of H-pyrrole nitrogens is 1. The predicted octanol–water partition coefficient (Wildman–Crippen LogP) is 2.78. The van der Waals surface area contributed by atoms with Gasteiger partial charge in [0.05, 0.1) is 25.5 Å². The summed E-state index contributed by atoms with van der Waals surface area (Å²) < 4.78 is 37.9. The van der Waals surface area contributed by atoms with Gasteiger partial charge in [0.15, 0.2) is 5.65 Å². The Kier molecular flexibility index (Phi) is 4.87. The first-order valence-corrected chi connectivity index (χ1v) is 8.35. The highest BCUT2D eigenvalue weighted by atomic mass is 19.1. The fourth-order valence-corrected chi connectivity index (χ4v) is 2.92. The van der Waals surface area contributed by atoms with Gasteiger partial charge in [-0.1, -0.05) is 6.07 Å². The zero-order chi connectivity index (χ0) is 17.9. The van der Waals surface area contributed by atoms with Crippen molar-refractivity contribution in [1.29, 1.82) is 0 Å². The fraction of sp³-hybridized carbons (Fsp3) is 0.333. The molecule has 0 saturated carbocycles. The normalized spacial score (nSPS) is 18.5. The number of imidazole rings is 1. The number of aromatic nitrogens is 3. The molecule has 3 heterocycles. The summed E-state index contributed by atoms with van der Waals surface area (Å²) in [5.74, 6) is -0.463. The van der Waals surface area contributed by atoms with Crippen molar-refractivity contribution in [1.82, 2.24) is 19.9 Å². The molecule has 26 heavy (non-hydrogen) atoms. The van der Waals surface area contributed by atoms with E-state index in [2.05, 4.69) is 19.9 Å². The summed E-state index contributed by atoms with van der Waals surface area (Å²) in [7, 11) is 0. The van der Waals surface area contributed by atoms with Crippen molar-refractivity contribution in [3.05, 3.63) is 59.6 Å². The van der Waals surface area contributed by atoms with E-state index in [0.29, 0.717) is 37.6 Å². The molecule has 136 valence electrons. The molecule has 8 heteroatoms. The zero-order valence-corrected chi connectivity index (χ0v) is 14.0. The van der Waals surface area contributed by atoms with Gasteiger partial charge in [-0.3, -0.25) is 4.90 Å². The number of aromatic amines is 1. The second kappa shape index (κ2) is 7.45. The average Bonchev–Trinajstić information content (AvgIpc) is 3.08. The highest BCUT2D eigenvalue weighted by Gasteiger charge is 2.24. The smallest absolute Gasteiger partial charge is 0.177 e. The van der Waals surface area contributed by atoms with Crippen LogP contribution in [0.5, 0.6) is 0 Å². The SMILES string of the molecule is Fc1ccc(COCN2CCO[C@H](c3nc4ncccc4[nH]3)C2)c(F)c1. The first kappa shape index (κ1) is 17.0. The number of ether oxygens (including phenoxy) is 2. The Morgan fingerprint density at radius 1 is 1.31 bits per heavy atom. The highest BCUT2D eigenvalue weighted by Crippen LogP contribution is 2.22. The molecule has 1 atom stereocenters. The molecule has 0 amide bonds. The van der Waals surface area contributed by atoms with E-state index in [1.165, 1.54) is 12.1 Å². The summed E-state index contributed by atoms with van der Waals surface area (Å²) in [6, 6.07) is 7.25. The molecule has 1 N–H and O–H groups in total. The third kappa shape index (κ3) is 3.72. The van der Waals surface area contributed by atoms with Crippen molar-refractivity contribution in [3.8, 4) is 0 Å². The van der Waals surface area contributed by atoms with Gasteiger partial charge in [0.25, 0.3) is 0 Å². The monoisotopic (exact) mass is 360 g/mol. The molecular weight excluding hydrogens is 342 g/mol. The average molecular weight is 360 g/mol. The molecule has 1 aromatic carbocycles. The molecule has 0 aliphatic carbocycles. The molecule has 0 unspecified atom stereocenters. The van der Waals surface area contributed by atoms with Crippen LogP contribution in [-0.2, 0) is 16.1 Å². The first-order valence-electron chi connectivity index (χ1n) is 8.35. The molecule has 1 aliphatic heterocycles. The van der Waals surface area contributed by atoms with Gasteiger partial charge in [0.2, 0.25) is 0 Å². The number of benzene rings is 1. The van der Waals surface area contributed by atoms with Gasteiger partial charge >= 0.3 is 0 Å². The number of nitrogens with zero attached hydrogens (tertiary/aromatic N) is 3. The van der Waals surface area contributed by atoms with E-state index in [1.54, 1.807) is 6.20 Å². The minimum atomic E-state index is -0.598. The lowest BCUT2D eigenvalue weighted by Gasteiger charge is -2.31. The van der Waals surface area contributed by atoms with E-state index in [1.807, 2.05) is 12.1 Å². The minimum absolute atomic E-state index is 0.0860. The molecular formula is C18H18F2N4O2. The van der Waals surface area contributed by atoms with Gasteiger partial charge in [-0.2, -0.15) is 0 Å². The van der Waals surface area contributed by atoms with E-state index < -0.39 is 11.6 Å². The fourth-order valence-electron chi connectivity index (χ4n) is 2.92. The van der Waals surface area contributed by atoms with Crippen LogP contribution in [0.15, 0.2) is 36.5 Å². The number of rotatable bonds is 5. The Bertz CT molecular complexity index is 869. The van der Waals surface area contributed by atoms with E-state index >= 15 is 0 Å². The maximum Gasteiger partial charge on any atom is 0.177 e. The predicted molar refractivity (Wildman–Crippen MR) is 90.2 cm³/mol. The van der Waals surface area contributed by atoms with E-state index in [0.717, 1.165) is 17.4 Å². The summed E-state index contributed by atoms with van der Waals surface area (Å²) >= 11 is 0. The lowest BCUT2D eigenvalue weighted by Crippen LogP contribution is -2.39. The second-order valence-electron chi connectivity index (χ2n) is 6.15. The van der Waals surface area contributed by atoms with Gasteiger partial charge in [-0.05, 0) is 18.2 Å². The summed E-state index contributed by atoms with van der Waals surface area (Å²) in [5.41, 5.74) is 1.86. The third-order valence-electron chi connectivity index (χ3n) is 4.28. The number of hydrogen-bond acceptors (Lipinski definition) is 5. The third-order valence-corrected chi connectivity index (χ3v) is 4.28. The Labute approximate surface area is 148 Å². The van der Waals surface area contributed by atoms with Crippen LogP contribution in [0.3, 0.4) is 0 Å². The van der Waals surface area contributed by atoms with Crippen LogP contribution >= 0.6 is 0 Å². The number of pyridine rings is 1. The molecule has 0 bridgehead atoms. The van der Waals surface area contributed by atoms with Crippen LogP contribution in [-0.4, -0.2) is 46.3 Å². The van der Waals surface area contributed by atoms with Crippen LogP contribution in [0.1, 0.15) is 17.5 Å². The van der Waals surface area contributed by atoms with Crippen LogP contribution in [0.4, 0.5) is 8.78 Å². The first-order chi connectivity index (χ1) is 12.7. The van der Waals surface area contributed by atoms with Crippen molar-refractivity contribution in [2.24, 2.45) is 0 Å². The minimum Gasteiger partial charge on any atom is -0.368 e. The maximum absolute atomic E-state index is 13.6. The van der Waals surface area contributed by atoms with Crippen molar-refractivity contribution < 1.29 is 18.3 Å². The molecule has 2 aromatic heterocycles. The van der Waals surface area contributed by atoms with Gasteiger partial charge in [0.1, 0.15) is 23.6 Å². The Balaban J connectivity index is 1.34. The van der Waals surface area contributed by atoms with E-state index in [9.17, 15) is 8.78 Å². The number of morpholine rings is 1. The topological polar surface area (TPSA) is 63.3 Å². The molecule has 1 fully saturated rings. The van der Waals surface area contributed by atoms with Gasteiger partial charge in [-0.15, -0.1) is 0 Å². The Morgan fingerprint density at radius 2 is 2.23 bits per heavy atom. The molecule has 1 saturated heterocycles. The van der Waals surface area contributed by atoms with Crippen LogP contribution in [0.2, 0.25) is 0 Å². The molecule has 1 aliphatic rings. The highest BCUT2D eigenvalue weighted by molar-refractivity contribution is 5.69. The second-order valence-corrected chi connectivity index (χ2v) is 6.15. The molecule has 4 rings (SSSR count). The van der Waals surface area contributed by atoms with E-state index in [4.69, 9.17) is 9.47 Å². The number of halogens is 2. The largest absolute Gasteiger partial charge is 0.368 e. The van der Waals surface area contributed by atoms with Crippen molar-refractivity contribution in [3.63, 3.8) is 0 Å². The van der Waals surface area contributed by atoms with Gasteiger partial charge < -0.3 is 14.5 Å². The Hall–Kier alpha value is -2.42. The summed E-state index contributed by atoms with van der Waals surface area (Å²) in [4.78, 5) is 14.0. The lowest BCUT2D eigenvalue weighted by atomic mass is 10.2. The Morgan fingerprint density at radius 3 is 3.08 bits per heavy atom. The standard InChI is InChI=1S/C18H18F2N4O2/c19-13-4-3-12(14(20)8-13)10-25-11-24-6-7-26-16(9-24)18-22-15-2-1-5-21-17(15)23-18/h1-5,8,16H,6-7,9-11H2,(H,21,22,23)/t16-/m0/s1. The van der Waals surface area contributed by atoms with Crippen molar-refractivity contribution in [2.45, 2.75) is 12.7 Å². The number of hydrogen-bond donors (Lipinski definition) is 1. The van der Waals surface area contributed by atoms with Gasteiger partial charge in [0, 0.05) is 30.9 Å². The van der Waals surface area contributed by atoms with Crippen LogP contribution < -0.4 is 0 Å². The number of nitrogens with one attached hydrogen (secondary N) is 1. The summed E-state index contributed by atoms with van der Waals surface area (Å²) in [5, 5.41) is 0. The van der Waals surface area contributed by atoms with E-state index in [-0.39, 0.29) is 12.7 Å². The summed E-state index contributed by atoms with van der Waals surface area (Å²) in [6.07, 6.45) is 1.49. The quantitative estimate of drug-likeness (QED) is 0.758. The van der Waals surface area contributed by atoms with Crippen molar-refractivity contribution >= 4 is 11.2 Å². The number of fused-ring (bicyclic) bond motifs is 1. The molecule has 0 spiro atoms. The molecule has 0 radical (unpaired) electrons.